The van der Waals surface area contributed by atoms with E-state index < -0.39 is 0 Å². The predicted octanol–water partition coefficient (Wildman–Crippen LogP) is 4.63. The SMILES string of the molecule is C=CCn1c(SCC(=O)Nc2ccccc2)nnc1[C@H](NC(=O)c1ccc(C)cc1)C(C)C. The van der Waals surface area contributed by atoms with Crippen LogP contribution in [0.1, 0.15) is 41.6 Å². The van der Waals surface area contributed by atoms with Crippen LogP contribution in [0.25, 0.3) is 0 Å². The lowest BCUT2D eigenvalue weighted by molar-refractivity contribution is -0.113. The Bertz CT molecular complexity index is 1090. The van der Waals surface area contributed by atoms with Gasteiger partial charge in [-0.1, -0.05) is 67.6 Å². The standard InChI is InChI=1S/C25H29N5O2S/c1-5-15-30-23(22(17(2)3)27-24(32)19-13-11-18(4)12-14-19)28-29-25(30)33-16-21(31)26-20-9-7-6-8-10-20/h5-14,17,22H,1,15-16H2,2-4H3,(H,26,31)(H,27,32)/t22-/m1/s1. The van der Waals surface area contributed by atoms with Crippen LogP contribution in [0.15, 0.2) is 72.4 Å². The molecule has 3 aromatic rings. The zero-order valence-electron chi connectivity index (χ0n) is 19.1. The Morgan fingerprint density at radius 3 is 2.42 bits per heavy atom. The minimum absolute atomic E-state index is 0.0754. The number of carbonyl (C=O) groups is 2. The molecule has 0 fully saturated rings. The normalized spacial score (nSPS) is 11.8. The zero-order chi connectivity index (χ0) is 23.8. The molecule has 2 aromatic carbocycles. The largest absolute Gasteiger partial charge is 0.342 e. The van der Waals surface area contributed by atoms with Gasteiger partial charge in [0.25, 0.3) is 5.91 Å². The van der Waals surface area contributed by atoms with E-state index in [2.05, 4.69) is 27.4 Å². The molecular formula is C25H29N5O2S. The first-order valence-electron chi connectivity index (χ1n) is 10.8. The average Bonchev–Trinajstić information content (AvgIpc) is 3.19. The maximum absolute atomic E-state index is 12.9. The molecule has 172 valence electrons. The number of anilines is 1. The van der Waals surface area contributed by atoms with E-state index in [0.29, 0.717) is 23.1 Å². The fraction of sp³-hybridized carbons (Fsp3) is 0.280. The quantitative estimate of drug-likeness (QED) is 0.338. The van der Waals surface area contributed by atoms with Crippen LogP contribution in [0.5, 0.6) is 0 Å². The van der Waals surface area contributed by atoms with Gasteiger partial charge in [-0.2, -0.15) is 0 Å². The molecule has 0 saturated heterocycles. The third kappa shape index (κ3) is 6.55. The molecule has 0 saturated carbocycles. The van der Waals surface area contributed by atoms with Gasteiger partial charge in [0.15, 0.2) is 11.0 Å². The number of nitrogens with one attached hydrogen (secondary N) is 2. The number of aromatic nitrogens is 3. The highest BCUT2D eigenvalue weighted by atomic mass is 32.2. The summed E-state index contributed by atoms with van der Waals surface area (Å²) >= 11 is 1.30. The minimum atomic E-state index is -0.348. The monoisotopic (exact) mass is 463 g/mol. The first-order valence-corrected chi connectivity index (χ1v) is 11.8. The molecule has 8 heteroatoms. The molecule has 33 heavy (non-hydrogen) atoms. The lowest BCUT2D eigenvalue weighted by Gasteiger charge is -2.22. The van der Waals surface area contributed by atoms with E-state index in [0.717, 1.165) is 11.3 Å². The van der Waals surface area contributed by atoms with Gasteiger partial charge in [0.05, 0.1) is 11.8 Å². The van der Waals surface area contributed by atoms with E-state index in [1.165, 1.54) is 11.8 Å². The van der Waals surface area contributed by atoms with E-state index >= 15 is 0 Å². The Morgan fingerprint density at radius 2 is 1.79 bits per heavy atom. The van der Waals surface area contributed by atoms with Crippen molar-refractivity contribution < 1.29 is 9.59 Å². The molecule has 3 rings (SSSR count). The fourth-order valence-corrected chi connectivity index (χ4v) is 4.00. The van der Waals surface area contributed by atoms with Gasteiger partial charge in [-0.25, -0.2) is 0 Å². The van der Waals surface area contributed by atoms with Crippen LogP contribution in [0.4, 0.5) is 5.69 Å². The smallest absolute Gasteiger partial charge is 0.251 e. The molecule has 1 aromatic heterocycles. The summed E-state index contributed by atoms with van der Waals surface area (Å²) in [5.74, 6) is 0.599. The van der Waals surface area contributed by atoms with E-state index in [1.807, 2.05) is 79.9 Å². The molecule has 2 N–H and O–H groups in total. The van der Waals surface area contributed by atoms with Crippen LogP contribution >= 0.6 is 11.8 Å². The summed E-state index contributed by atoms with van der Waals surface area (Å²) in [6.07, 6.45) is 1.75. The molecule has 0 unspecified atom stereocenters. The molecule has 1 atom stereocenters. The minimum Gasteiger partial charge on any atom is -0.342 e. The third-order valence-corrected chi connectivity index (χ3v) is 5.96. The lowest BCUT2D eigenvalue weighted by Crippen LogP contribution is -2.33. The highest BCUT2D eigenvalue weighted by Crippen LogP contribution is 2.26. The molecule has 7 nitrogen and oxygen atoms in total. The molecule has 0 radical (unpaired) electrons. The van der Waals surface area contributed by atoms with Crippen molar-refractivity contribution >= 4 is 29.3 Å². The third-order valence-electron chi connectivity index (χ3n) is 4.99. The van der Waals surface area contributed by atoms with Crippen molar-refractivity contribution in [2.24, 2.45) is 5.92 Å². The molecule has 0 aliphatic rings. The number of amides is 2. The molecule has 0 bridgehead atoms. The topological polar surface area (TPSA) is 88.9 Å². The summed E-state index contributed by atoms with van der Waals surface area (Å²) < 4.78 is 1.90. The first-order chi connectivity index (χ1) is 15.9. The van der Waals surface area contributed by atoms with Crippen LogP contribution in [-0.4, -0.2) is 32.3 Å². The Balaban J connectivity index is 1.75. The maximum Gasteiger partial charge on any atom is 0.251 e. The van der Waals surface area contributed by atoms with E-state index in [-0.39, 0.29) is 29.5 Å². The summed E-state index contributed by atoms with van der Waals surface area (Å²) in [7, 11) is 0. The van der Waals surface area contributed by atoms with Gasteiger partial charge < -0.3 is 15.2 Å². The lowest BCUT2D eigenvalue weighted by atomic mass is 10.0. The number of allylic oxidation sites excluding steroid dienone is 1. The second kappa shape index (κ2) is 11.5. The number of rotatable bonds is 10. The highest BCUT2D eigenvalue weighted by Gasteiger charge is 2.26. The van der Waals surface area contributed by atoms with Crippen molar-refractivity contribution in [3.05, 3.63) is 84.2 Å². The Hall–Kier alpha value is -3.39. The van der Waals surface area contributed by atoms with Gasteiger partial charge in [0, 0.05) is 17.8 Å². The number of hydrogen-bond donors (Lipinski definition) is 2. The van der Waals surface area contributed by atoms with E-state index in [4.69, 9.17) is 0 Å². The second-order valence-corrected chi connectivity index (χ2v) is 8.95. The summed E-state index contributed by atoms with van der Waals surface area (Å²) in [6.45, 7) is 10.3. The average molecular weight is 464 g/mol. The molecule has 0 spiro atoms. The number of benzene rings is 2. The predicted molar refractivity (Wildman–Crippen MR) is 132 cm³/mol. The Morgan fingerprint density at radius 1 is 1.09 bits per heavy atom. The van der Waals surface area contributed by atoms with Gasteiger partial charge in [0.2, 0.25) is 5.91 Å². The fourth-order valence-electron chi connectivity index (χ4n) is 3.25. The van der Waals surface area contributed by atoms with E-state index in [1.54, 1.807) is 6.08 Å². The number of thioether (sulfide) groups is 1. The zero-order valence-corrected chi connectivity index (χ0v) is 19.9. The Labute approximate surface area is 198 Å². The van der Waals surface area contributed by atoms with Crippen LogP contribution in [0, 0.1) is 12.8 Å². The highest BCUT2D eigenvalue weighted by molar-refractivity contribution is 7.99. The maximum atomic E-state index is 12.9. The summed E-state index contributed by atoms with van der Waals surface area (Å²) in [5, 5.41) is 15.2. The van der Waals surface area contributed by atoms with Crippen LogP contribution in [0.3, 0.4) is 0 Å². The number of carbonyl (C=O) groups excluding carboxylic acids is 2. The summed E-state index contributed by atoms with van der Waals surface area (Å²) in [4.78, 5) is 25.2. The first kappa shape index (κ1) is 24.3. The van der Waals surface area contributed by atoms with Crippen molar-refractivity contribution in [1.82, 2.24) is 20.1 Å². The number of para-hydroxylation sites is 1. The summed E-state index contributed by atoms with van der Waals surface area (Å²) in [6, 6.07) is 16.4. The van der Waals surface area contributed by atoms with Gasteiger partial charge in [-0.05, 0) is 37.1 Å². The van der Waals surface area contributed by atoms with Crippen LogP contribution in [-0.2, 0) is 11.3 Å². The van der Waals surface area contributed by atoms with Crippen molar-refractivity contribution in [2.75, 3.05) is 11.1 Å². The molecule has 0 aliphatic heterocycles. The van der Waals surface area contributed by atoms with Gasteiger partial charge in [-0.15, -0.1) is 16.8 Å². The molecule has 2 amide bonds. The van der Waals surface area contributed by atoms with Crippen molar-refractivity contribution in [2.45, 2.75) is 38.5 Å². The molecule has 1 heterocycles. The number of nitrogens with zero attached hydrogens (tertiary/aromatic N) is 3. The van der Waals surface area contributed by atoms with E-state index in [9.17, 15) is 9.59 Å². The van der Waals surface area contributed by atoms with Crippen molar-refractivity contribution in [3.8, 4) is 0 Å². The molecular weight excluding hydrogens is 434 g/mol. The van der Waals surface area contributed by atoms with Gasteiger partial charge >= 0.3 is 0 Å². The van der Waals surface area contributed by atoms with Crippen molar-refractivity contribution in [3.63, 3.8) is 0 Å². The second-order valence-electron chi connectivity index (χ2n) is 8.00. The Kier molecular flexibility index (Phi) is 8.43. The molecule has 0 aliphatic carbocycles. The number of aryl methyl sites for hydroxylation is 1. The summed E-state index contributed by atoms with van der Waals surface area (Å²) in [5.41, 5.74) is 2.43. The van der Waals surface area contributed by atoms with Gasteiger partial charge in [-0.3, -0.25) is 9.59 Å². The van der Waals surface area contributed by atoms with Crippen molar-refractivity contribution in [1.29, 1.82) is 0 Å². The van der Waals surface area contributed by atoms with Crippen LogP contribution in [0.2, 0.25) is 0 Å². The number of hydrogen-bond acceptors (Lipinski definition) is 5. The van der Waals surface area contributed by atoms with Crippen LogP contribution < -0.4 is 10.6 Å². The van der Waals surface area contributed by atoms with Gasteiger partial charge in [0.1, 0.15) is 0 Å².